The molecule has 1 aromatic carbocycles. The lowest BCUT2D eigenvalue weighted by molar-refractivity contribution is 0.405. The Morgan fingerprint density at radius 3 is 2.57 bits per heavy atom. The number of pyridine rings is 1. The molecular formula is C20H22F2N6. The monoisotopic (exact) mass is 384 g/mol. The van der Waals surface area contributed by atoms with E-state index < -0.39 is 11.6 Å². The van der Waals surface area contributed by atoms with E-state index in [1.807, 2.05) is 26.2 Å². The highest BCUT2D eigenvalue weighted by Crippen LogP contribution is 2.25. The minimum Gasteiger partial charge on any atom is -0.354 e. The molecule has 0 bridgehead atoms. The Balaban J connectivity index is 1.87. The topological polar surface area (TPSA) is 66.0 Å². The Bertz CT molecular complexity index is 918. The van der Waals surface area contributed by atoms with Crippen LogP contribution in [0.5, 0.6) is 0 Å². The van der Waals surface area contributed by atoms with Gasteiger partial charge in [0.05, 0.1) is 11.4 Å². The average molecular weight is 384 g/mol. The van der Waals surface area contributed by atoms with Crippen LogP contribution in [0.4, 0.5) is 26.2 Å². The number of nitrogens with one attached hydrogen (secondary N) is 2. The summed E-state index contributed by atoms with van der Waals surface area (Å²) in [5.74, 6) is -1.10. The predicted octanol–water partition coefficient (Wildman–Crippen LogP) is 3.92. The lowest BCUT2D eigenvalue weighted by atomic mass is 10.2. The zero-order valence-corrected chi connectivity index (χ0v) is 15.8. The van der Waals surface area contributed by atoms with Crippen molar-refractivity contribution in [1.82, 2.24) is 19.9 Å². The maximum atomic E-state index is 14.0. The van der Waals surface area contributed by atoms with Gasteiger partial charge in [-0.2, -0.15) is 4.98 Å². The van der Waals surface area contributed by atoms with Gasteiger partial charge in [-0.05, 0) is 51.3 Å². The molecule has 0 fully saturated rings. The molecule has 3 aromatic rings. The van der Waals surface area contributed by atoms with Crippen molar-refractivity contribution in [1.29, 1.82) is 0 Å². The number of benzene rings is 1. The number of anilines is 3. The number of rotatable bonds is 8. The lowest BCUT2D eigenvalue weighted by Crippen LogP contribution is -2.17. The van der Waals surface area contributed by atoms with Gasteiger partial charge >= 0.3 is 0 Å². The van der Waals surface area contributed by atoms with Gasteiger partial charge in [0, 0.05) is 30.6 Å². The molecule has 0 aliphatic carbocycles. The third kappa shape index (κ3) is 5.20. The van der Waals surface area contributed by atoms with Crippen molar-refractivity contribution in [3.63, 3.8) is 0 Å². The molecule has 6 nitrogen and oxygen atoms in total. The summed E-state index contributed by atoms with van der Waals surface area (Å²) in [5.41, 5.74) is 1.50. The Hall–Kier alpha value is -3.13. The second-order valence-electron chi connectivity index (χ2n) is 6.51. The van der Waals surface area contributed by atoms with Crippen molar-refractivity contribution < 1.29 is 8.78 Å². The van der Waals surface area contributed by atoms with E-state index in [0.29, 0.717) is 24.0 Å². The van der Waals surface area contributed by atoms with Crippen LogP contribution in [0.1, 0.15) is 6.42 Å². The molecule has 2 N–H and O–H groups in total. The molecule has 2 heterocycles. The van der Waals surface area contributed by atoms with E-state index >= 15 is 0 Å². The molecule has 146 valence electrons. The van der Waals surface area contributed by atoms with E-state index in [9.17, 15) is 8.78 Å². The highest BCUT2D eigenvalue weighted by molar-refractivity contribution is 5.67. The van der Waals surface area contributed by atoms with Crippen LogP contribution in [0.2, 0.25) is 0 Å². The number of nitrogens with zero attached hydrogens (tertiary/aromatic N) is 4. The molecule has 3 rings (SSSR count). The first-order valence-corrected chi connectivity index (χ1v) is 8.92. The third-order valence-corrected chi connectivity index (χ3v) is 3.98. The van der Waals surface area contributed by atoms with Crippen LogP contribution in [0, 0.1) is 11.6 Å². The Morgan fingerprint density at radius 2 is 1.82 bits per heavy atom. The van der Waals surface area contributed by atoms with Gasteiger partial charge in [-0.15, -0.1) is 0 Å². The van der Waals surface area contributed by atoms with Crippen LogP contribution in [0.15, 0.2) is 48.8 Å². The van der Waals surface area contributed by atoms with Crippen molar-refractivity contribution in [2.45, 2.75) is 6.42 Å². The molecule has 0 saturated heterocycles. The summed E-state index contributed by atoms with van der Waals surface area (Å²) in [6.07, 6.45) is 4.25. The second kappa shape index (κ2) is 9.18. The average Bonchev–Trinajstić information content (AvgIpc) is 2.69. The predicted molar refractivity (Wildman–Crippen MR) is 107 cm³/mol. The standard InChI is InChI=1S/C20H22F2N6/c1-28(2)12-4-9-24-20-26-17(14-7-10-23-11-8-14)13-18(27-20)25-16-6-3-5-15(21)19(16)22/h3,5-8,10-11,13H,4,9,12H2,1-2H3,(H2,24,25,26,27). The van der Waals surface area contributed by atoms with Crippen LogP contribution >= 0.6 is 0 Å². The smallest absolute Gasteiger partial charge is 0.225 e. The van der Waals surface area contributed by atoms with Crippen LogP contribution < -0.4 is 10.6 Å². The molecule has 8 heteroatoms. The van der Waals surface area contributed by atoms with E-state index in [1.54, 1.807) is 18.5 Å². The van der Waals surface area contributed by atoms with Crippen LogP contribution in [-0.2, 0) is 0 Å². The number of hydrogen-bond donors (Lipinski definition) is 2. The molecule has 0 saturated carbocycles. The lowest BCUT2D eigenvalue weighted by Gasteiger charge is -2.13. The zero-order chi connectivity index (χ0) is 19.9. The molecule has 0 radical (unpaired) electrons. The highest BCUT2D eigenvalue weighted by Gasteiger charge is 2.11. The van der Waals surface area contributed by atoms with Gasteiger partial charge in [-0.3, -0.25) is 4.98 Å². The van der Waals surface area contributed by atoms with Gasteiger partial charge in [0.2, 0.25) is 5.95 Å². The van der Waals surface area contributed by atoms with Crippen molar-refractivity contribution >= 4 is 17.5 Å². The summed E-state index contributed by atoms with van der Waals surface area (Å²) < 4.78 is 27.5. The molecule has 2 aromatic heterocycles. The van der Waals surface area contributed by atoms with Crippen molar-refractivity contribution in [2.24, 2.45) is 0 Å². The quantitative estimate of drug-likeness (QED) is 0.574. The van der Waals surface area contributed by atoms with Crippen LogP contribution in [0.25, 0.3) is 11.3 Å². The SMILES string of the molecule is CN(C)CCCNc1nc(Nc2cccc(F)c2F)cc(-c2ccncc2)n1. The zero-order valence-electron chi connectivity index (χ0n) is 15.8. The van der Waals surface area contributed by atoms with E-state index in [2.05, 4.69) is 30.5 Å². The Labute approximate surface area is 162 Å². The fourth-order valence-electron chi connectivity index (χ4n) is 2.59. The summed E-state index contributed by atoms with van der Waals surface area (Å²) in [6.45, 7) is 1.61. The normalized spacial score (nSPS) is 10.9. The largest absolute Gasteiger partial charge is 0.354 e. The van der Waals surface area contributed by atoms with Gasteiger partial charge in [-0.1, -0.05) is 6.07 Å². The summed E-state index contributed by atoms with van der Waals surface area (Å²) in [7, 11) is 4.02. The first-order valence-electron chi connectivity index (χ1n) is 8.92. The number of aromatic nitrogens is 3. The molecule has 0 spiro atoms. The van der Waals surface area contributed by atoms with E-state index in [-0.39, 0.29) is 5.69 Å². The van der Waals surface area contributed by atoms with Crippen LogP contribution in [-0.4, -0.2) is 47.0 Å². The summed E-state index contributed by atoms with van der Waals surface area (Å²) in [5, 5.41) is 6.03. The summed E-state index contributed by atoms with van der Waals surface area (Å²) in [4.78, 5) is 15.0. The maximum Gasteiger partial charge on any atom is 0.225 e. The van der Waals surface area contributed by atoms with Crippen molar-refractivity contribution in [2.75, 3.05) is 37.8 Å². The number of hydrogen-bond acceptors (Lipinski definition) is 6. The minimum absolute atomic E-state index is 0.0120. The molecule has 0 unspecified atom stereocenters. The molecule has 0 aliphatic heterocycles. The fourth-order valence-corrected chi connectivity index (χ4v) is 2.59. The molecule has 0 aliphatic rings. The molecule has 0 atom stereocenters. The van der Waals surface area contributed by atoms with E-state index in [4.69, 9.17) is 0 Å². The van der Waals surface area contributed by atoms with Gasteiger partial charge < -0.3 is 15.5 Å². The molecular weight excluding hydrogens is 362 g/mol. The van der Waals surface area contributed by atoms with Gasteiger partial charge in [0.25, 0.3) is 0 Å². The summed E-state index contributed by atoms with van der Waals surface area (Å²) >= 11 is 0. The van der Waals surface area contributed by atoms with Gasteiger partial charge in [0.1, 0.15) is 5.82 Å². The first-order chi connectivity index (χ1) is 13.5. The molecule has 0 amide bonds. The first kappa shape index (κ1) is 19.6. The van der Waals surface area contributed by atoms with E-state index in [0.717, 1.165) is 24.6 Å². The van der Waals surface area contributed by atoms with Gasteiger partial charge in [0.15, 0.2) is 11.6 Å². The maximum absolute atomic E-state index is 14.0. The van der Waals surface area contributed by atoms with Crippen molar-refractivity contribution in [3.05, 3.63) is 60.4 Å². The third-order valence-electron chi connectivity index (χ3n) is 3.98. The second-order valence-corrected chi connectivity index (χ2v) is 6.51. The minimum atomic E-state index is -0.952. The summed E-state index contributed by atoms with van der Waals surface area (Å²) in [6, 6.07) is 9.30. The van der Waals surface area contributed by atoms with E-state index in [1.165, 1.54) is 12.1 Å². The number of halogens is 2. The van der Waals surface area contributed by atoms with Crippen LogP contribution in [0.3, 0.4) is 0 Å². The van der Waals surface area contributed by atoms with Crippen molar-refractivity contribution in [3.8, 4) is 11.3 Å². The highest BCUT2D eigenvalue weighted by atomic mass is 19.2. The Kier molecular flexibility index (Phi) is 6.44. The molecule has 28 heavy (non-hydrogen) atoms. The fraction of sp³-hybridized carbons (Fsp3) is 0.250. The van der Waals surface area contributed by atoms with Gasteiger partial charge in [-0.25, -0.2) is 13.8 Å². The Morgan fingerprint density at radius 1 is 1.04 bits per heavy atom.